The molecule has 0 bridgehead atoms. The number of rotatable bonds is 12. The molecule has 2 aromatic rings. The molecule has 0 radical (unpaired) electrons. The zero-order valence-electron chi connectivity index (χ0n) is 25.0. The third-order valence-electron chi connectivity index (χ3n) is 7.00. The molecule has 0 spiro atoms. The predicted octanol–water partition coefficient (Wildman–Crippen LogP) is 6.23. The summed E-state index contributed by atoms with van der Waals surface area (Å²) >= 11 is 0. The molecule has 7 heteroatoms. The minimum Gasteiger partial charge on any atom is -0.444 e. The molecule has 0 aliphatic rings. The number of nitrogens with zero attached hydrogens (tertiary/aromatic N) is 1. The second kappa shape index (κ2) is 14.7. The molecule has 0 fully saturated rings. The first-order valence-corrected chi connectivity index (χ1v) is 14.1. The van der Waals surface area contributed by atoms with Crippen molar-refractivity contribution in [2.24, 2.45) is 5.92 Å². The highest BCUT2D eigenvalue weighted by molar-refractivity contribution is 5.92. The van der Waals surface area contributed by atoms with Crippen molar-refractivity contribution in [2.45, 2.75) is 98.9 Å². The van der Waals surface area contributed by atoms with E-state index in [1.807, 2.05) is 76.2 Å². The van der Waals surface area contributed by atoms with Crippen LogP contribution < -0.4 is 10.6 Å². The highest BCUT2D eigenvalue weighted by atomic mass is 16.6. The van der Waals surface area contributed by atoms with Crippen molar-refractivity contribution in [3.8, 4) is 0 Å². The molecule has 3 amide bonds. The second-order valence-electron chi connectivity index (χ2n) is 11.3. The van der Waals surface area contributed by atoms with Gasteiger partial charge in [-0.15, -0.1) is 0 Å². The van der Waals surface area contributed by atoms with Crippen LogP contribution in [0.1, 0.15) is 89.1 Å². The van der Waals surface area contributed by atoms with Gasteiger partial charge in [-0.3, -0.25) is 9.59 Å². The maximum Gasteiger partial charge on any atom is 0.408 e. The van der Waals surface area contributed by atoms with Crippen LogP contribution in [0, 0.1) is 19.8 Å². The molecule has 214 valence electrons. The van der Waals surface area contributed by atoms with Crippen molar-refractivity contribution in [3.05, 3.63) is 70.8 Å². The van der Waals surface area contributed by atoms with Gasteiger partial charge in [-0.1, -0.05) is 82.1 Å². The fourth-order valence-corrected chi connectivity index (χ4v) is 4.39. The van der Waals surface area contributed by atoms with E-state index in [4.69, 9.17) is 4.74 Å². The second-order valence-corrected chi connectivity index (χ2v) is 11.3. The van der Waals surface area contributed by atoms with Gasteiger partial charge < -0.3 is 20.3 Å². The van der Waals surface area contributed by atoms with Gasteiger partial charge in [0.15, 0.2) is 0 Å². The number of unbranched alkanes of at least 4 members (excludes halogenated alkanes) is 1. The highest BCUT2D eigenvalue weighted by Gasteiger charge is 2.38. The minimum atomic E-state index is -0.848. The van der Waals surface area contributed by atoms with Gasteiger partial charge in [-0.2, -0.15) is 0 Å². The van der Waals surface area contributed by atoms with Crippen molar-refractivity contribution in [1.29, 1.82) is 0 Å². The van der Waals surface area contributed by atoms with Crippen LogP contribution in [-0.4, -0.2) is 41.0 Å². The van der Waals surface area contributed by atoms with E-state index in [0.717, 1.165) is 35.1 Å². The third-order valence-corrected chi connectivity index (χ3v) is 7.00. The molecule has 0 saturated heterocycles. The normalized spacial score (nSPS) is 13.6. The maximum absolute atomic E-state index is 14.3. The molecule has 2 aromatic carbocycles. The Kier molecular flexibility index (Phi) is 12.0. The zero-order chi connectivity index (χ0) is 29.2. The molecule has 2 N–H and O–H groups in total. The Balaban J connectivity index is 2.53. The van der Waals surface area contributed by atoms with Gasteiger partial charge in [0.05, 0.1) is 0 Å². The first-order valence-electron chi connectivity index (χ1n) is 14.1. The molecule has 3 atom stereocenters. The minimum absolute atomic E-state index is 0.166. The number of carbonyl (C=O) groups excluding carboxylic acids is 3. The van der Waals surface area contributed by atoms with Crippen LogP contribution in [-0.2, 0) is 20.9 Å². The van der Waals surface area contributed by atoms with E-state index < -0.39 is 23.8 Å². The number of ether oxygens (including phenoxy) is 1. The standard InChI is InChI=1S/C32H47N3O4/c1-9-11-20-35(30(37)27(22(3)10-2)34-31(38)39-32(6,7)8)28(26-19-15-16-23(4)24(26)5)29(36)33-21-25-17-13-12-14-18-25/h12-19,22,27-28H,9-11,20-21H2,1-8H3,(H,33,36)(H,34,38). The van der Waals surface area contributed by atoms with Gasteiger partial charge in [-0.05, 0) is 69.2 Å². The number of aryl methyl sites for hydroxylation is 1. The van der Waals surface area contributed by atoms with Crippen molar-refractivity contribution >= 4 is 17.9 Å². The van der Waals surface area contributed by atoms with Crippen LogP contribution in [0.4, 0.5) is 4.79 Å². The molecule has 0 heterocycles. The van der Waals surface area contributed by atoms with Gasteiger partial charge in [0, 0.05) is 13.1 Å². The molecule has 0 aromatic heterocycles. The average molecular weight is 538 g/mol. The number of hydrogen-bond acceptors (Lipinski definition) is 4. The van der Waals surface area contributed by atoms with Crippen molar-refractivity contribution in [2.75, 3.05) is 6.54 Å². The van der Waals surface area contributed by atoms with Crippen molar-refractivity contribution in [3.63, 3.8) is 0 Å². The van der Waals surface area contributed by atoms with E-state index in [2.05, 4.69) is 17.6 Å². The van der Waals surface area contributed by atoms with Gasteiger partial charge in [0.2, 0.25) is 11.8 Å². The lowest BCUT2D eigenvalue weighted by Gasteiger charge is -2.36. The summed E-state index contributed by atoms with van der Waals surface area (Å²) in [6.07, 6.45) is 1.59. The Morgan fingerprint density at radius 2 is 1.64 bits per heavy atom. The maximum atomic E-state index is 14.3. The molecule has 39 heavy (non-hydrogen) atoms. The number of carbonyl (C=O) groups is 3. The van der Waals surface area contributed by atoms with E-state index in [1.54, 1.807) is 25.7 Å². The fraction of sp³-hybridized carbons (Fsp3) is 0.531. The van der Waals surface area contributed by atoms with Crippen LogP contribution >= 0.6 is 0 Å². The number of hydrogen-bond donors (Lipinski definition) is 2. The number of amides is 3. The topological polar surface area (TPSA) is 87.7 Å². The lowest BCUT2D eigenvalue weighted by Crippen LogP contribution is -2.55. The molecule has 3 unspecified atom stereocenters. The van der Waals surface area contributed by atoms with E-state index in [0.29, 0.717) is 19.5 Å². The van der Waals surface area contributed by atoms with Crippen molar-refractivity contribution in [1.82, 2.24) is 15.5 Å². The smallest absolute Gasteiger partial charge is 0.408 e. The van der Waals surface area contributed by atoms with Gasteiger partial charge in [0.25, 0.3) is 0 Å². The zero-order valence-corrected chi connectivity index (χ0v) is 25.0. The van der Waals surface area contributed by atoms with Crippen molar-refractivity contribution < 1.29 is 19.1 Å². The summed E-state index contributed by atoms with van der Waals surface area (Å²) < 4.78 is 5.49. The SMILES string of the molecule is CCCCN(C(=O)C(NC(=O)OC(C)(C)C)C(C)CC)C(C(=O)NCc1ccccc1)c1cccc(C)c1C. The molecular weight excluding hydrogens is 490 g/mol. The molecule has 2 rings (SSSR count). The lowest BCUT2D eigenvalue weighted by molar-refractivity contribution is -0.143. The molecule has 0 aliphatic heterocycles. The van der Waals surface area contributed by atoms with E-state index >= 15 is 0 Å². The van der Waals surface area contributed by atoms with E-state index in [1.165, 1.54) is 0 Å². The van der Waals surface area contributed by atoms with Crippen LogP contribution in [0.15, 0.2) is 48.5 Å². The molecule has 0 saturated carbocycles. The summed E-state index contributed by atoms with van der Waals surface area (Å²) in [6.45, 7) is 16.0. The number of alkyl carbamates (subject to hydrolysis) is 1. The Labute approximate surface area is 234 Å². The summed E-state index contributed by atoms with van der Waals surface area (Å²) in [4.78, 5) is 42.7. The summed E-state index contributed by atoms with van der Waals surface area (Å²) in [7, 11) is 0. The molecule has 7 nitrogen and oxygen atoms in total. The predicted molar refractivity (Wildman–Crippen MR) is 156 cm³/mol. The summed E-state index contributed by atoms with van der Waals surface area (Å²) in [5.74, 6) is -0.706. The quantitative estimate of drug-likeness (QED) is 0.336. The van der Waals surface area contributed by atoms with E-state index in [9.17, 15) is 14.4 Å². The first-order chi connectivity index (χ1) is 18.4. The molecular formula is C32H47N3O4. The monoisotopic (exact) mass is 537 g/mol. The number of benzene rings is 2. The average Bonchev–Trinajstić information content (AvgIpc) is 2.89. The van der Waals surface area contributed by atoms with Crippen LogP contribution in [0.2, 0.25) is 0 Å². The van der Waals surface area contributed by atoms with Crippen LogP contribution in [0.25, 0.3) is 0 Å². The van der Waals surface area contributed by atoms with Gasteiger partial charge >= 0.3 is 6.09 Å². The van der Waals surface area contributed by atoms with Gasteiger partial charge in [0.1, 0.15) is 17.7 Å². The Hall–Kier alpha value is -3.35. The Morgan fingerprint density at radius 3 is 2.23 bits per heavy atom. The Bertz CT molecular complexity index is 1090. The largest absolute Gasteiger partial charge is 0.444 e. The Morgan fingerprint density at radius 1 is 0.974 bits per heavy atom. The summed E-state index contributed by atoms with van der Waals surface area (Å²) in [6, 6.07) is 13.9. The summed E-state index contributed by atoms with van der Waals surface area (Å²) in [5, 5.41) is 5.89. The van der Waals surface area contributed by atoms with E-state index in [-0.39, 0.29) is 17.7 Å². The fourth-order valence-electron chi connectivity index (χ4n) is 4.39. The first kappa shape index (κ1) is 31.9. The van der Waals surface area contributed by atoms with Gasteiger partial charge in [-0.25, -0.2) is 4.79 Å². The molecule has 0 aliphatic carbocycles. The summed E-state index contributed by atoms with van der Waals surface area (Å²) in [5.41, 5.74) is 3.06. The number of nitrogens with one attached hydrogen (secondary N) is 2. The highest BCUT2D eigenvalue weighted by Crippen LogP contribution is 2.29. The van der Waals surface area contributed by atoms with Crippen LogP contribution in [0.5, 0.6) is 0 Å². The van der Waals surface area contributed by atoms with Crippen LogP contribution in [0.3, 0.4) is 0 Å². The lowest BCUT2D eigenvalue weighted by atomic mass is 9.92. The third kappa shape index (κ3) is 9.41.